The van der Waals surface area contributed by atoms with Crippen LogP contribution in [0.5, 0.6) is 5.75 Å². The molecule has 0 aliphatic carbocycles. The molecule has 0 saturated heterocycles. The molecule has 0 fully saturated rings. The molecule has 6 nitrogen and oxygen atoms in total. The van der Waals surface area contributed by atoms with Crippen molar-refractivity contribution < 1.29 is 9.53 Å². The lowest BCUT2D eigenvalue weighted by atomic mass is 9.98. The van der Waals surface area contributed by atoms with Crippen molar-refractivity contribution in [1.29, 1.82) is 0 Å². The normalized spacial score (nSPS) is 11.9. The predicted octanol–water partition coefficient (Wildman–Crippen LogP) is 3.64. The van der Waals surface area contributed by atoms with E-state index >= 15 is 0 Å². The van der Waals surface area contributed by atoms with Crippen LogP contribution < -0.4 is 15.7 Å². The average Bonchev–Trinajstić information content (AvgIpc) is 3.06. The van der Waals surface area contributed by atoms with Gasteiger partial charge in [-0.25, -0.2) is 4.79 Å². The second kappa shape index (κ2) is 8.92. The van der Waals surface area contributed by atoms with E-state index in [1.54, 1.807) is 23.3 Å². The predicted molar refractivity (Wildman–Crippen MR) is 121 cm³/mol. The lowest BCUT2D eigenvalue weighted by Gasteiger charge is -2.20. The molecule has 0 bridgehead atoms. The van der Waals surface area contributed by atoms with Crippen molar-refractivity contribution in [2.45, 2.75) is 19.0 Å². The zero-order chi connectivity index (χ0) is 21.8. The minimum absolute atomic E-state index is 0.121. The second-order valence-corrected chi connectivity index (χ2v) is 7.42. The third kappa shape index (κ3) is 4.23. The van der Waals surface area contributed by atoms with Crippen LogP contribution in [0.4, 0.5) is 0 Å². The van der Waals surface area contributed by atoms with Gasteiger partial charge in [0.15, 0.2) is 0 Å². The first-order valence-electron chi connectivity index (χ1n) is 10.2. The summed E-state index contributed by atoms with van der Waals surface area (Å²) in [5.41, 5.74) is 3.51. The lowest BCUT2D eigenvalue weighted by Crippen LogP contribution is -2.31. The van der Waals surface area contributed by atoms with Gasteiger partial charge in [0.05, 0.1) is 24.2 Å². The van der Waals surface area contributed by atoms with Crippen LogP contribution in [0.15, 0.2) is 83.7 Å². The van der Waals surface area contributed by atoms with Gasteiger partial charge >= 0.3 is 5.69 Å². The molecular weight excluding hydrogens is 390 g/mol. The Bertz CT molecular complexity index is 1240. The number of hydrogen-bond acceptors (Lipinski definition) is 3. The number of nitrogens with zero attached hydrogens (tertiary/aromatic N) is 2. The van der Waals surface area contributed by atoms with Gasteiger partial charge in [-0.1, -0.05) is 54.6 Å². The molecule has 4 rings (SSSR count). The zero-order valence-corrected chi connectivity index (χ0v) is 17.6. The van der Waals surface area contributed by atoms with E-state index in [1.807, 2.05) is 78.9 Å². The molecule has 158 valence electrons. The van der Waals surface area contributed by atoms with E-state index in [4.69, 9.17) is 4.74 Å². The number of imidazole rings is 1. The number of amides is 1. The molecule has 4 aromatic rings. The molecule has 1 aromatic heterocycles. The van der Waals surface area contributed by atoms with Crippen molar-refractivity contribution in [3.05, 3.63) is 100 Å². The van der Waals surface area contributed by atoms with Crippen molar-refractivity contribution in [3.63, 3.8) is 0 Å². The van der Waals surface area contributed by atoms with E-state index < -0.39 is 0 Å². The lowest BCUT2D eigenvalue weighted by molar-refractivity contribution is -0.121. The summed E-state index contributed by atoms with van der Waals surface area (Å²) in [4.78, 5) is 25.5. The number of benzene rings is 3. The summed E-state index contributed by atoms with van der Waals surface area (Å²) in [6.07, 6.45) is 0.202. The molecule has 1 heterocycles. The highest BCUT2D eigenvalue weighted by atomic mass is 16.5. The highest BCUT2D eigenvalue weighted by molar-refractivity contribution is 5.78. The molecule has 3 aromatic carbocycles. The van der Waals surface area contributed by atoms with Crippen LogP contribution in [0.1, 0.15) is 23.6 Å². The Balaban J connectivity index is 1.54. The Morgan fingerprint density at radius 1 is 0.903 bits per heavy atom. The van der Waals surface area contributed by atoms with Crippen molar-refractivity contribution >= 4 is 16.9 Å². The summed E-state index contributed by atoms with van der Waals surface area (Å²) >= 11 is 0. The fourth-order valence-corrected chi connectivity index (χ4v) is 3.83. The minimum atomic E-state index is -0.288. The number of ether oxygens (including phenoxy) is 1. The largest absolute Gasteiger partial charge is 0.497 e. The van der Waals surface area contributed by atoms with Gasteiger partial charge in [0.1, 0.15) is 5.75 Å². The van der Waals surface area contributed by atoms with E-state index in [-0.39, 0.29) is 24.1 Å². The third-order valence-electron chi connectivity index (χ3n) is 5.50. The van der Waals surface area contributed by atoms with Gasteiger partial charge in [-0.15, -0.1) is 0 Å². The quantitative estimate of drug-likeness (QED) is 0.501. The molecule has 1 N–H and O–H groups in total. The smallest absolute Gasteiger partial charge is 0.328 e. The summed E-state index contributed by atoms with van der Waals surface area (Å²) in [6.45, 7) is 0.316. The number of aryl methyl sites for hydroxylation is 2. The maximum Gasteiger partial charge on any atom is 0.328 e. The summed E-state index contributed by atoms with van der Waals surface area (Å²) in [5.74, 6) is 0.640. The monoisotopic (exact) mass is 415 g/mol. The molecule has 0 aliphatic heterocycles. The molecule has 0 aliphatic rings. The maximum absolute atomic E-state index is 12.9. The fraction of sp³-hybridized carbons (Fsp3) is 0.200. The van der Waals surface area contributed by atoms with Gasteiger partial charge in [0.25, 0.3) is 0 Å². The average molecular weight is 415 g/mol. The second-order valence-electron chi connectivity index (χ2n) is 7.42. The van der Waals surface area contributed by atoms with Crippen LogP contribution in [0.3, 0.4) is 0 Å². The number of fused-ring (bicyclic) bond motifs is 1. The molecule has 0 spiro atoms. The number of carbonyl (C=O) groups is 1. The number of aromatic nitrogens is 2. The van der Waals surface area contributed by atoms with E-state index in [2.05, 4.69) is 5.32 Å². The number of hydrogen-bond donors (Lipinski definition) is 1. The summed E-state index contributed by atoms with van der Waals surface area (Å²) < 4.78 is 8.51. The number of para-hydroxylation sites is 2. The standard InChI is InChI=1S/C25H25N3O3/c1-27-21-10-6-7-11-22(21)28(25(27)30)17-16-23(29)26-24(18-8-4-3-5-9-18)19-12-14-20(31-2)15-13-19/h3-15,24H,16-17H2,1-2H3,(H,26,29). The van der Waals surface area contributed by atoms with Crippen molar-refractivity contribution in [1.82, 2.24) is 14.5 Å². The van der Waals surface area contributed by atoms with E-state index in [0.29, 0.717) is 6.54 Å². The van der Waals surface area contributed by atoms with Crippen LogP contribution in [-0.2, 0) is 18.4 Å². The molecular formula is C25H25N3O3. The number of rotatable bonds is 7. The van der Waals surface area contributed by atoms with Gasteiger partial charge in [-0.05, 0) is 35.4 Å². The van der Waals surface area contributed by atoms with Crippen LogP contribution in [0, 0.1) is 0 Å². The van der Waals surface area contributed by atoms with Crippen molar-refractivity contribution in [3.8, 4) is 5.75 Å². The van der Waals surface area contributed by atoms with Crippen LogP contribution >= 0.6 is 0 Å². The molecule has 1 amide bonds. The van der Waals surface area contributed by atoms with Gasteiger partial charge in [0.2, 0.25) is 5.91 Å². The number of carbonyl (C=O) groups excluding carboxylic acids is 1. The summed E-state index contributed by atoms with van der Waals surface area (Å²) in [6, 6.07) is 24.8. The fourth-order valence-electron chi connectivity index (χ4n) is 3.83. The summed E-state index contributed by atoms with van der Waals surface area (Å²) in [5, 5.41) is 3.13. The van der Waals surface area contributed by atoms with E-state index in [0.717, 1.165) is 27.9 Å². The van der Waals surface area contributed by atoms with Crippen LogP contribution in [0.2, 0.25) is 0 Å². The molecule has 6 heteroatoms. The highest BCUT2D eigenvalue weighted by Crippen LogP contribution is 2.24. The highest BCUT2D eigenvalue weighted by Gasteiger charge is 2.18. The SMILES string of the molecule is COc1ccc(C(NC(=O)CCn2c(=O)n(C)c3ccccc32)c2ccccc2)cc1. The summed E-state index contributed by atoms with van der Waals surface area (Å²) in [7, 11) is 3.37. The Morgan fingerprint density at radius 3 is 2.19 bits per heavy atom. The first kappa shape index (κ1) is 20.5. The van der Waals surface area contributed by atoms with Gasteiger partial charge < -0.3 is 10.1 Å². The Labute approximate surface area is 180 Å². The van der Waals surface area contributed by atoms with E-state index in [1.165, 1.54) is 0 Å². The Kier molecular flexibility index (Phi) is 5.89. The first-order chi connectivity index (χ1) is 15.1. The molecule has 0 radical (unpaired) electrons. The van der Waals surface area contributed by atoms with Crippen LogP contribution in [0.25, 0.3) is 11.0 Å². The molecule has 31 heavy (non-hydrogen) atoms. The zero-order valence-electron chi connectivity index (χ0n) is 17.6. The van der Waals surface area contributed by atoms with Gasteiger partial charge in [-0.2, -0.15) is 0 Å². The maximum atomic E-state index is 12.9. The first-order valence-corrected chi connectivity index (χ1v) is 10.2. The van der Waals surface area contributed by atoms with Gasteiger partial charge in [0, 0.05) is 20.0 Å². The van der Waals surface area contributed by atoms with Gasteiger partial charge in [-0.3, -0.25) is 13.9 Å². The number of nitrogens with one attached hydrogen (secondary N) is 1. The van der Waals surface area contributed by atoms with E-state index in [9.17, 15) is 9.59 Å². The third-order valence-corrected chi connectivity index (χ3v) is 5.50. The molecule has 0 saturated carbocycles. The Hall–Kier alpha value is -3.80. The van der Waals surface area contributed by atoms with Crippen molar-refractivity contribution in [2.24, 2.45) is 7.05 Å². The topological polar surface area (TPSA) is 65.3 Å². The molecule has 1 unspecified atom stereocenters. The van der Waals surface area contributed by atoms with Crippen LogP contribution in [-0.4, -0.2) is 22.2 Å². The Morgan fingerprint density at radius 2 is 1.52 bits per heavy atom. The minimum Gasteiger partial charge on any atom is -0.497 e. The molecule has 1 atom stereocenters. The van der Waals surface area contributed by atoms with Crippen molar-refractivity contribution in [2.75, 3.05) is 7.11 Å². The number of methoxy groups -OCH3 is 1.